The van der Waals surface area contributed by atoms with Crippen molar-refractivity contribution in [1.82, 2.24) is 19.6 Å². The van der Waals surface area contributed by atoms with Crippen LogP contribution in [0.3, 0.4) is 0 Å². The van der Waals surface area contributed by atoms with Crippen molar-refractivity contribution < 1.29 is 18.0 Å². The number of aromatic nitrogens is 2. The van der Waals surface area contributed by atoms with E-state index in [1.54, 1.807) is 12.3 Å². The first-order chi connectivity index (χ1) is 15.3. The van der Waals surface area contributed by atoms with Crippen molar-refractivity contribution in [2.75, 3.05) is 26.2 Å². The lowest BCUT2D eigenvalue weighted by atomic mass is 9.91. The highest BCUT2D eigenvalue weighted by Crippen LogP contribution is 2.34. The van der Waals surface area contributed by atoms with E-state index in [1.165, 1.54) is 18.9 Å². The second-order valence-corrected chi connectivity index (χ2v) is 8.39. The molecule has 4 rings (SSSR count). The van der Waals surface area contributed by atoms with E-state index in [9.17, 15) is 18.0 Å². The Balaban J connectivity index is 1.60. The Morgan fingerprint density at radius 3 is 2.72 bits per heavy atom. The first-order valence-electron chi connectivity index (χ1n) is 10.9. The number of nitrogens with zero attached hydrogens (tertiary/aromatic N) is 3. The van der Waals surface area contributed by atoms with Crippen molar-refractivity contribution in [2.45, 2.75) is 38.3 Å². The van der Waals surface area contributed by atoms with Gasteiger partial charge in [-0.05, 0) is 62.2 Å². The summed E-state index contributed by atoms with van der Waals surface area (Å²) in [4.78, 5) is 19.5. The third-order valence-corrected chi connectivity index (χ3v) is 6.01. The van der Waals surface area contributed by atoms with Crippen molar-refractivity contribution in [1.29, 1.82) is 0 Å². The molecule has 1 saturated heterocycles. The largest absolute Gasteiger partial charge is 0.416 e. The van der Waals surface area contributed by atoms with Gasteiger partial charge in [-0.15, -0.1) is 0 Å². The molecule has 1 aliphatic rings. The summed E-state index contributed by atoms with van der Waals surface area (Å²) in [5.74, 6) is -0.740. The summed E-state index contributed by atoms with van der Waals surface area (Å²) in [6.07, 6.45) is 1.45. The van der Waals surface area contributed by atoms with E-state index in [0.717, 1.165) is 37.3 Å². The number of carbonyl (C=O) groups excluding carboxylic acids is 1. The zero-order valence-corrected chi connectivity index (χ0v) is 18.0. The number of fused-ring (bicyclic) bond motifs is 1. The molecule has 1 unspecified atom stereocenters. The first kappa shape index (κ1) is 22.3. The maximum Gasteiger partial charge on any atom is 0.416 e. The number of likely N-dealkylation sites (tertiary alicyclic amines) is 1. The number of benzene rings is 1. The lowest BCUT2D eigenvalue weighted by Crippen LogP contribution is -2.34. The van der Waals surface area contributed by atoms with Gasteiger partial charge >= 0.3 is 6.18 Å². The fraction of sp³-hybridized carbons (Fsp3) is 0.417. The van der Waals surface area contributed by atoms with Crippen LogP contribution in [0, 0.1) is 6.92 Å². The number of carbonyl (C=O) groups is 1. The second kappa shape index (κ2) is 9.32. The van der Waals surface area contributed by atoms with E-state index in [4.69, 9.17) is 0 Å². The predicted molar refractivity (Wildman–Crippen MR) is 117 cm³/mol. The van der Waals surface area contributed by atoms with Crippen LogP contribution < -0.4 is 5.32 Å². The molecule has 0 spiro atoms. The number of aryl methyl sites for hydroxylation is 1. The molecule has 32 heavy (non-hydrogen) atoms. The molecular weight excluding hydrogens is 417 g/mol. The molecule has 170 valence electrons. The number of amides is 1. The molecule has 1 N–H and O–H groups in total. The van der Waals surface area contributed by atoms with Crippen LogP contribution in [0.1, 0.15) is 47.6 Å². The Bertz CT molecular complexity index is 1090. The van der Waals surface area contributed by atoms with Crippen molar-refractivity contribution in [2.24, 2.45) is 0 Å². The molecule has 0 aliphatic carbocycles. The van der Waals surface area contributed by atoms with Crippen LogP contribution in [-0.4, -0.2) is 46.4 Å². The third-order valence-electron chi connectivity index (χ3n) is 6.01. The highest BCUT2D eigenvalue weighted by molar-refractivity contribution is 5.77. The number of rotatable bonds is 7. The summed E-state index contributed by atoms with van der Waals surface area (Å²) >= 11 is 0. The Morgan fingerprint density at radius 1 is 1.19 bits per heavy atom. The summed E-state index contributed by atoms with van der Waals surface area (Å²) in [5.41, 5.74) is 2.14. The van der Waals surface area contributed by atoms with Crippen LogP contribution in [0.25, 0.3) is 5.65 Å². The average Bonchev–Trinajstić information content (AvgIpc) is 3.41. The van der Waals surface area contributed by atoms with E-state index in [2.05, 4.69) is 15.2 Å². The number of alkyl halides is 3. The van der Waals surface area contributed by atoms with Crippen molar-refractivity contribution in [3.05, 3.63) is 71.2 Å². The molecular formula is C24H27F3N4O. The minimum Gasteiger partial charge on any atom is -0.355 e. The average molecular weight is 445 g/mol. The molecule has 1 atom stereocenters. The van der Waals surface area contributed by atoms with Gasteiger partial charge in [0.05, 0.1) is 11.3 Å². The molecule has 3 heterocycles. The summed E-state index contributed by atoms with van der Waals surface area (Å²) in [6, 6.07) is 9.04. The smallest absolute Gasteiger partial charge is 0.355 e. The molecule has 1 amide bonds. The zero-order chi connectivity index (χ0) is 22.7. The van der Waals surface area contributed by atoms with Gasteiger partial charge < -0.3 is 14.6 Å². The summed E-state index contributed by atoms with van der Waals surface area (Å²) in [6.45, 7) is 5.36. The van der Waals surface area contributed by atoms with Crippen LogP contribution in [-0.2, 0) is 11.0 Å². The van der Waals surface area contributed by atoms with Crippen molar-refractivity contribution in [3.63, 3.8) is 0 Å². The molecule has 1 fully saturated rings. The fourth-order valence-corrected chi connectivity index (χ4v) is 4.30. The lowest BCUT2D eigenvalue weighted by molar-refractivity contribution is -0.137. The minimum absolute atomic E-state index is 0.0446. The van der Waals surface area contributed by atoms with E-state index < -0.39 is 17.7 Å². The lowest BCUT2D eigenvalue weighted by Gasteiger charge is -2.20. The molecule has 1 aromatic carbocycles. The Labute approximate surface area is 185 Å². The molecule has 2 aromatic heterocycles. The van der Waals surface area contributed by atoms with Gasteiger partial charge in [-0.25, -0.2) is 4.98 Å². The number of pyridine rings is 1. The van der Waals surface area contributed by atoms with Gasteiger partial charge in [-0.2, -0.15) is 13.2 Å². The van der Waals surface area contributed by atoms with Gasteiger partial charge in [-0.3, -0.25) is 4.79 Å². The maximum atomic E-state index is 13.3. The van der Waals surface area contributed by atoms with Crippen LogP contribution in [0.5, 0.6) is 0 Å². The summed E-state index contributed by atoms with van der Waals surface area (Å²) in [5, 5.41) is 2.94. The molecule has 0 bridgehead atoms. The number of hydrogen-bond acceptors (Lipinski definition) is 3. The quantitative estimate of drug-likeness (QED) is 0.588. The zero-order valence-electron chi connectivity index (χ0n) is 18.0. The van der Waals surface area contributed by atoms with Gasteiger partial charge in [0, 0.05) is 37.8 Å². The fourth-order valence-electron chi connectivity index (χ4n) is 4.30. The Morgan fingerprint density at radius 2 is 1.97 bits per heavy atom. The van der Waals surface area contributed by atoms with Crippen LogP contribution in [0.4, 0.5) is 13.2 Å². The number of halogens is 3. The monoisotopic (exact) mass is 444 g/mol. The van der Waals surface area contributed by atoms with E-state index in [1.807, 2.05) is 29.7 Å². The Kier molecular flexibility index (Phi) is 6.50. The molecule has 0 saturated carbocycles. The van der Waals surface area contributed by atoms with E-state index in [-0.39, 0.29) is 12.3 Å². The molecule has 8 heteroatoms. The summed E-state index contributed by atoms with van der Waals surface area (Å²) < 4.78 is 41.9. The SMILES string of the molecule is Cc1ccn2c(C(CC(=O)NCCN3CCCC3)c3cccc(C(F)(F)F)c3)cnc2c1. The summed E-state index contributed by atoms with van der Waals surface area (Å²) in [7, 11) is 0. The highest BCUT2D eigenvalue weighted by Gasteiger charge is 2.32. The maximum absolute atomic E-state index is 13.3. The van der Waals surface area contributed by atoms with E-state index >= 15 is 0 Å². The van der Waals surface area contributed by atoms with Crippen molar-refractivity contribution >= 4 is 11.6 Å². The standard InChI is InChI=1S/C24H27F3N4O/c1-17-7-11-31-21(16-29-22(31)13-17)20(18-5-4-6-19(14-18)24(25,26)27)15-23(32)28-8-12-30-9-2-3-10-30/h4-7,11,13-14,16,20H,2-3,8-10,12,15H2,1H3,(H,28,32). The van der Waals surface area contributed by atoms with Gasteiger partial charge in [-0.1, -0.05) is 18.2 Å². The highest BCUT2D eigenvalue weighted by atomic mass is 19.4. The van der Waals surface area contributed by atoms with Crippen LogP contribution >= 0.6 is 0 Å². The third kappa shape index (κ3) is 5.12. The van der Waals surface area contributed by atoms with Gasteiger partial charge in [0.1, 0.15) is 5.65 Å². The first-order valence-corrected chi connectivity index (χ1v) is 10.9. The minimum atomic E-state index is -4.45. The van der Waals surface area contributed by atoms with Gasteiger partial charge in [0.15, 0.2) is 0 Å². The predicted octanol–water partition coefficient (Wildman–Crippen LogP) is 4.40. The van der Waals surface area contributed by atoms with Gasteiger partial charge in [0.25, 0.3) is 0 Å². The normalized spacial score (nSPS) is 15.9. The molecule has 5 nitrogen and oxygen atoms in total. The second-order valence-electron chi connectivity index (χ2n) is 8.39. The van der Waals surface area contributed by atoms with Crippen molar-refractivity contribution in [3.8, 4) is 0 Å². The van der Waals surface area contributed by atoms with E-state index in [0.29, 0.717) is 23.4 Å². The Hall–Kier alpha value is -2.87. The molecule has 1 aliphatic heterocycles. The number of nitrogens with one attached hydrogen (secondary N) is 1. The molecule has 0 radical (unpaired) electrons. The van der Waals surface area contributed by atoms with Crippen LogP contribution in [0.15, 0.2) is 48.8 Å². The number of imidazole rings is 1. The topological polar surface area (TPSA) is 49.6 Å². The molecule has 3 aromatic rings. The van der Waals surface area contributed by atoms with Gasteiger partial charge in [0.2, 0.25) is 5.91 Å². The van der Waals surface area contributed by atoms with Crippen LogP contribution in [0.2, 0.25) is 0 Å². The number of hydrogen-bond donors (Lipinski definition) is 1.